The summed E-state index contributed by atoms with van der Waals surface area (Å²) in [6.45, 7) is 4.45. The highest BCUT2D eigenvalue weighted by Gasteiger charge is 2.24. The van der Waals surface area contributed by atoms with Crippen molar-refractivity contribution < 1.29 is 9.72 Å². The van der Waals surface area contributed by atoms with Gasteiger partial charge in [-0.2, -0.15) is 9.78 Å². The Balaban J connectivity index is 1.86. The molecule has 0 aliphatic carbocycles. The molecule has 4 rings (SSSR count). The quantitative estimate of drug-likeness (QED) is 0.272. The highest BCUT2D eigenvalue weighted by molar-refractivity contribution is 6.10. The van der Waals surface area contributed by atoms with Crippen molar-refractivity contribution in [1.29, 1.82) is 0 Å². The molecule has 0 atom stereocenters. The van der Waals surface area contributed by atoms with E-state index < -0.39 is 4.92 Å². The van der Waals surface area contributed by atoms with Crippen LogP contribution >= 0.6 is 0 Å². The minimum Gasteiger partial charge on any atom is -0.383 e. The van der Waals surface area contributed by atoms with Crippen LogP contribution in [0.5, 0.6) is 0 Å². The first kappa shape index (κ1) is 20.9. The summed E-state index contributed by atoms with van der Waals surface area (Å²) in [5, 5.41) is 18.3. The van der Waals surface area contributed by atoms with Gasteiger partial charge in [0.25, 0.3) is 11.6 Å². The molecule has 0 aliphatic heterocycles. The number of anilines is 1. The summed E-state index contributed by atoms with van der Waals surface area (Å²) in [6.07, 6.45) is 1.43. The maximum atomic E-state index is 12.9. The second kappa shape index (κ2) is 8.42. The smallest absolute Gasteiger partial charge is 0.270 e. The molecule has 162 valence electrons. The van der Waals surface area contributed by atoms with Gasteiger partial charge in [0.1, 0.15) is 16.9 Å². The molecule has 32 heavy (non-hydrogen) atoms. The maximum absolute atomic E-state index is 12.9. The zero-order chi connectivity index (χ0) is 22.8. The zero-order valence-electron chi connectivity index (χ0n) is 17.5. The SMILES string of the molecule is CC(C)CNC(=O)c1c(N)n(/N=C\c2cccc([N+](=O)[O-])c2)c2nc3ccccc3nc12. The molecule has 4 aromatic rings. The van der Waals surface area contributed by atoms with E-state index in [9.17, 15) is 14.9 Å². The van der Waals surface area contributed by atoms with Gasteiger partial charge in [0, 0.05) is 24.2 Å². The van der Waals surface area contributed by atoms with Gasteiger partial charge in [-0.3, -0.25) is 14.9 Å². The number of nitrogens with zero attached hydrogens (tertiary/aromatic N) is 5. The molecule has 0 aliphatic rings. The Bertz CT molecular complexity index is 1370. The number of fused-ring (bicyclic) bond motifs is 2. The number of nitrogen functional groups attached to an aromatic ring is 1. The number of nitrogens with one attached hydrogen (secondary N) is 1. The molecule has 1 amide bonds. The molecular formula is C22H21N7O3. The number of benzene rings is 2. The van der Waals surface area contributed by atoms with Crippen LogP contribution in [-0.4, -0.2) is 38.2 Å². The molecule has 2 aromatic heterocycles. The summed E-state index contributed by atoms with van der Waals surface area (Å²) in [5.74, 6) is -0.0272. The number of para-hydroxylation sites is 2. The largest absolute Gasteiger partial charge is 0.383 e. The van der Waals surface area contributed by atoms with Crippen molar-refractivity contribution in [1.82, 2.24) is 20.0 Å². The monoisotopic (exact) mass is 431 g/mol. The van der Waals surface area contributed by atoms with Gasteiger partial charge in [0.15, 0.2) is 5.65 Å². The van der Waals surface area contributed by atoms with E-state index in [1.54, 1.807) is 24.3 Å². The summed E-state index contributed by atoms with van der Waals surface area (Å²) < 4.78 is 1.33. The Hall–Kier alpha value is -4.34. The lowest BCUT2D eigenvalue weighted by molar-refractivity contribution is -0.384. The highest BCUT2D eigenvalue weighted by atomic mass is 16.6. The van der Waals surface area contributed by atoms with Crippen LogP contribution in [0.2, 0.25) is 0 Å². The van der Waals surface area contributed by atoms with Crippen molar-refractivity contribution in [3.05, 3.63) is 69.8 Å². The number of hydrogen-bond donors (Lipinski definition) is 2. The number of non-ortho nitro benzene ring substituents is 1. The molecule has 10 heteroatoms. The van der Waals surface area contributed by atoms with Crippen molar-refractivity contribution in [2.75, 3.05) is 12.3 Å². The average molecular weight is 431 g/mol. The van der Waals surface area contributed by atoms with E-state index in [4.69, 9.17) is 5.73 Å². The lowest BCUT2D eigenvalue weighted by Gasteiger charge is -2.07. The summed E-state index contributed by atoms with van der Waals surface area (Å²) in [5.41, 5.74) is 8.86. The topological polar surface area (TPSA) is 141 Å². The second-order valence-electron chi connectivity index (χ2n) is 7.66. The fraction of sp³-hybridized carbons (Fsp3) is 0.182. The third-order valence-electron chi connectivity index (χ3n) is 4.78. The molecule has 0 radical (unpaired) electrons. The predicted molar refractivity (Wildman–Crippen MR) is 123 cm³/mol. The summed E-state index contributed by atoms with van der Waals surface area (Å²) >= 11 is 0. The lowest BCUT2D eigenvalue weighted by Crippen LogP contribution is -2.28. The van der Waals surface area contributed by atoms with E-state index in [0.29, 0.717) is 34.3 Å². The molecule has 0 fully saturated rings. The van der Waals surface area contributed by atoms with Gasteiger partial charge in [-0.05, 0) is 18.1 Å². The first-order valence-electron chi connectivity index (χ1n) is 9.99. The van der Waals surface area contributed by atoms with Crippen LogP contribution in [0, 0.1) is 16.0 Å². The Morgan fingerprint density at radius 3 is 2.62 bits per heavy atom. The molecule has 0 saturated heterocycles. The number of carbonyl (C=O) groups excluding carboxylic acids is 1. The van der Waals surface area contributed by atoms with Crippen LogP contribution < -0.4 is 11.1 Å². The van der Waals surface area contributed by atoms with E-state index in [1.807, 2.05) is 26.0 Å². The molecule has 2 heterocycles. The van der Waals surface area contributed by atoms with Gasteiger partial charge in [-0.15, -0.1) is 0 Å². The third kappa shape index (κ3) is 3.97. The second-order valence-corrected chi connectivity index (χ2v) is 7.66. The molecule has 0 bridgehead atoms. The van der Waals surface area contributed by atoms with Gasteiger partial charge >= 0.3 is 0 Å². The molecular weight excluding hydrogens is 410 g/mol. The normalized spacial score (nSPS) is 11.6. The Labute approximate surface area is 182 Å². The molecule has 2 aromatic carbocycles. The van der Waals surface area contributed by atoms with Crippen LogP contribution in [0.3, 0.4) is 0 Å². The van der Waals surface area contributed by atoms with Gasteiger partial charge < -0.3 is 11.1 Å². The van der Waals surface area contributed by atoms with Gasteiger partial charge in [0.2, 0.25) is 0 Å². The fourth-order valence-corrected chi connectivity index (χ4v) is 3.22. The zero-order valence-corrected chi connectivity index (χ0v) is 17.5. The molecule has 0 saturated carbocycles. The lowest BCUT2D eigenvalue weighted by atomic mass is 10.2. The van der Waals surface area contributed by atoms with E-state index in [1.165, 1.54) is 23.0 Å². The van der Waals surface area contributed by atoms with Crippen molar-refractivity contribution in [2.24, 2.45) is 11.0 Å². The summed E-state index contributed by atoms with van der Waals surface area (Å²) in [7, 11) is 0. The van der Waals surface area contributed by atoms with Crippen LogP contribution in [0.1, 0.15) is 29.8 Å². The highest BCUT2D eigenvalue weighted by Crippen LogP contribution is 2.28. The number of nitro benzene ring substituents is 1. The minimum atomic E-state index is -0.481. The maximum Gasteiger partial charge on any atom is 0.270 e. The Kier molecular flexibility index (Phi) is 5.50. The average Bonchev–Trinajstić information content (AvgIpc) is 3.04. The predicted octanol–water partition coefficient (Wildman–Crippen LogP) is 3.34. The van der Waals surface area contributed by atoms with E-state index >= 15 is 0 Å². The fourth-order valence-electron chi connectivity index (χ4n) is 3.22. The van der Waals surface area contributed by atoms with Gasteiger partial charge in [0.05, 0.1) is 22.2 Å². The van der Waals surface area contributed by atoms with Crippen LogP contribution in [0.25, 0.3) is 22.2 Å². The van der Waals surface area contributed by atoms with E-state index in [2.05, 4.69) is 20.4 Å². The van der Waals surface area contributed by atoms with Crippen LogP contribution in [-0.2, 0) is 0 Å². The minimum absolute atomic E-state index is 0.0566. The first-order chi connectivity index (χ1) is 15.3. The van der Waals surface area contributed by atoms with E-state index in [0.717, 1.165) is 0 Å². The van der Waals surface area contributed by atoms with Crippen molar-refractivity contribution in [3.63, 3.8) is 0 Å². The number of nitrogens with two attached hydrogens (primary N) is 1. The molecule has 0 unspecified atom stereocenters. The molecule has 0 spiro atoms. The van der Waals surface area contributed by atoms with Gasteiger partial charge in [-0.25, -0.2) is 9.97 Å². The first-order valence-corrected chi connectivity index (χ1v) is 9.99. The summed E-state index contributed by atoms with van der Waals surface area (Å²) in [6, 6.07) is 13.3. The third-order valence-corrected chi connectivity index (χ3v) is 4.78. The molecule has 10 nitrogen and oxygen atoms in total. The number of aromatic nitrogens is 3. The number of rotatable bonds is 6. The standard InChI is InChI=1S/C22H21N7O3/c1-13(2)11-24-22(30)18-19-21(27-17-9-4-3-8-16(17)26-19)28(20(18)23)25-12-14-6-5-7-15(10-14)29(31)32/h3-10,12-13H,11,23H2,1-2H3,(H,24,30)/b25-12-. The molecule has 3 N–H and O–H groups in total. The summed E-state index contributed by atoms with van der Waals surface area (Å²) in [4.78, 5) is 32.7. The Morgan fingerprint density at radius 2 is 1.94 bits per heavy atom. The number of carbonyl (C=O) groups is 1. The van der Waals surface area contributed by atoms with E-state index in [-0.39, 0.29) is 28.9 Å². The van der Waals surface area contributed by atoms with Gasteiger partial charge in [-0.1, -0.05) is 38.1 Å². The number of nitro groups is 1. The van der Waals surface area contributed by atoms with Crippen molar-refractivity contribution >= 4 is 45.8 Å². The Morgan fingerprint density at radius 1 is 1.22 bits per heavy atom. The number of hydrogen-bond acceptors (Lipinski definition) is 7. The van der Waals surface area contributed by atoms with Crippen molar-refractivity contribution in [3.8, 4) is 0 Å². The van der Waals surface area contributed by atoms with Crippen LogP contribution in [0.15, 0.2) is 53.6 Å². The van der Waals surface area contributed by atoms with Crippen LogP contribution in [0.4, 0.5) is 11.5 Å². The van der Waals surface area contributed by atoms with Crippen molar-refractivity contribution in [2.45, 2.75) is 13.8 Å². The number of amides is 1.